The highest BCUT2D eigenvalue weighted by Gasteiger charge is 2.29. The maximum atomic E-state index is 12.3. The van der Waals surface area contributed by atoms with E-state index in [-0.39, 0.29) is 12.5 Å². The quantitative estimate of drug-likeness (QED) is 0.562. The van der Waals surface area contributed by atoms with E-state index in [0.717, 1.165) is 41.0 Å². The fourth-order valence-corrected chi connectivity index (χ4v) is 4.60. The van der Waals surface area contributed by atoms with Crippen LogP contribution in [0.5, 0.6) is 0 Å². The highest BCUT2D eigenvalue weighted by molar-refractivity contribution is 7.99. The number of aliphatic carboxylic acids is 1. The Hall–Kier alpha value is -2.51. The van der Waals surface area contributed by atoms with Crippen LogP contribution < -0.4 is 5.32 Å². The summed E-state index contributed by atoms with van der Waals surface area (Å²) in [4.78, 5) is 25.9. The summed E-state index contributed by atoms with van der Waals surface area (Å²) in [6.07, 6.45) is 0.271. The van der Waals surface area contributed by atoms with Gasteiger partial charge < -0.3 is 20.1 Å². The Morgan fingerprint density at radius 2 is 1.70 bits per heavy atom. The number of thioether (sulfide) groups is 1. The number of carboxylic acids is 1. The molecule has 1 aliphatic rings. The summed E-state index contributed by atoms with van der Waals surface area (Å²) in [5.41, 5.74) is 4.55. The number of hydrogen-bond donors (Lipinski definition) is 2. The largest absolute Gasteiger partial charge is 0.480 e. The third-order valence-corrected chi connectivity index (χ3v) is 6.26. The number of rotatable bonds is 10. The smallest absolute Gasteiger partial charge is 0.407 e. The van der Waals surface area contributed by atoms with Crippen LogP contribution in [-0.2, 0) is 9.53 Å². The summed E-state index contributed by atoms with van der Waals surface area (Å²) < 4.78 is 5.45. The molecule has 0 heterocycles. The van der Waals surface area contributed by atoms with Gasteiger partial charge in [0.25, 0.3) is 0 Å². The van der Waals surface area contributed by atoms with Crippen molar-refractivity contribution in [2.24, 2.45) is 0 Å². The van der Waals surface area contributed by atoms with Crippen LogP contribution in [0.2, 0.25) is 0 Å². The second-order valence-corrected chi connectivity index (χ2v) is 8.74. The fourth-order valence-electron chi connectivity index (χ4n) is 3.64. The number of fused-ring (bicyclic) bond motifs is 3. The SMILES string of the molecule is CN(C)CCCSCC(NC(=O)OCC1c2ccccc2-c2ccccc21)C(=O)O. The Kier molecular flexibility index (Phi) is 7.76. The number of nitrogens with one attached hydrogen (secondary N) is 1. The van der Waals surface area contributed by atoms with Gasteiger partial charge in [-0.3, -0.25) is 0 Å². The van der Waals surface area contributed by atoms with Crippen LogP contribution in [0.3, 0.4) is 0 Å². The molecule has 2 aromatic rings. The van der Waals surface area contributed by atoms with Gasteiger partial charge in [0.15, 0.2) is 0 Å². The van der Waals surface area contributed by atoms with E-state index in [4.69, 9.17) is 4.74 Å². The lowest BCUT2D eigenvalue weighted by Gasteiger charge is -2.17. The molecule has 0 fully saturated rings. The van der Waals surface area contributed by atoms with E-state index in [0.29, 0.717) is 5.75 Å². The van der Waals surface area contributed by atoms with Gasteiger partial charge in [-0.2, -0.15) is 11.8 Å². The van der Waals surface area contributed by atoms with Crippen LogP contribution in [0.25, 0.3) is 11.1 Å². The van der Waals surface area contributed by atoms with Crippen LogP contribution >= 0.6 is 11.8 Å². The molecule has 1 unspecified atom stereocenters. The van der Waals surface area contributed by atoms with Crippen LogP contribution in [0.1, 0.15) is 23.5 Å². The molecule has 0 saturated heterocycles. The number of amides is 1. The number of nitrogens with zero attached hydrogens (tertiary/aromatic N) is 1. The van der Waals surface area contributed by atoms with E-state index < -0.39 is 18.1 Å². The summed E-state index contributed by atoms with van der Waals surface area (Å²) in [5, 5.41) is 11.9. The normalized spacial score (nSPS) is 13.6. The minimum absolute atomic E-state index is 0.0492. The van der Waals surface area contributed by atoms with Crippen molar-refractivity contribution in [1.29, 1.82) is 0 Å². The van der Waals surface area contributed by atoms with Gasteiger partial charge in [-0.15, -0.1) is 0 Å². The van der Waals surface area contributed by atoms with Gasteiger partial charge in [-0.1, -0.05) is 48.5 Å². The molecule has 0 aliphatic heterocycles. The molecule has 1 atom stereocenters. The number of carbonyl (C=O) groups is 2. The maximum absolute atomic E-state index is 12.3. The Labute approximate surface area is 181 Å². The summed E-state index contributed by atoms with van der Waals surface area (Å²) in [7, 11) is 4.01. The monoisotopic (exact) mass is 428 g/mol. The number of benzene rings is 2. The first-order valence-electron chi connectivity index (χ1n) is 10.0. The molecule has 1 aliphatic carbocycles. The molecule has 2 aromatic carbocycles. The number of carboxylic acid groups (broad SMARTS) is 1. The summed E-state index contributed by atoms with van der Waals surface area (Å²) in [5.74, 6) is 0.0526. The number of alkyl carbamates (subject to hydrolysis) is 1. The average Bonchev–Trinajstić information content (AvgIpc) is 3.04. The molecule has 1 amide bonds. The minimum atomic E-state index is -1.05. The summed E-state index contributed by atoms with van der Waals surface area (Å²) in [6.45, 7) is 1.12. The molecule has 6 nitrogen and oxygen atoms in total. The molecule has 7 heteroatoms. The first-order chi connectivity index (χ1) is 14.5. The summed E-state index contributed by atoms with van der Waals surface area (Å²) in [6, 6.07) is 15.2. The second-order valence-electron chi connectivity index (χ2n) is 7.59. The van der Waals surface area contributed by atoms with E-state index in [1.165, 1.54) is 11.8 Å². The maximum Gasteiger partial charge on any atom is 0.407 e. The van der Waals surface area contributed by atoms with Crippen molar-refractivity contribution in [2.75, 3.05) is 38.8 Å². The van der Waals surface area contributed by atoms with E-state index in [2.05, 4.69) is 22.3 Å². The third-order valence-electron chi connectivity index (χ3n) is 5.11. The molecular weight excluding hydrogens is 400 g/mol. The van der Waals surface area contributed by atoms with Crippen molar-refractivity contribution in [3.63, 3.8) is 0 Å². The molecule has 0 spiro atoms. The van der Waals surface area contributed by atoms with Gasteiger partial charge in [-0.25, -0.2) is 9.59 Å². The zero-order chi connectivity index (χ0) is 21.5. The van der Waals surface area contributed by atoms with Gasteiger partial charge in [-0.05, 0) is 55.1 Å². The van der Waals surface area contributed by atoms with Gasteiger partial charge in [0.05, 0.1) is 0 Å². The Morgan fingerprint density at radius 1 is 1.10 bits per heavy atom. The lowest BCUT2D eigenvalue weighted by Crippen LogP contribution is -2.43. The standard InChI is InChI=1S/C23H28N2O4S/c1-25(2)12-7-13-30-15-21(22(26)27)24-23(28)29-14-20-18-10-5-3-8-16(18)17-9-4-6-11-19(17)20/h3-6,8-11,20-21H,7,12-15H2,1-2H3,(H,24,28)(H,26,27). The molecule has 0 saturated carbocycles. The van der Waals surface area contributed by atoms with Crippen molar-refractivity contribution in [1.82, 2.24) is 10.2 Å². The topological polar surface area (TPSA) is 78.9 Å². The molecule has 0 aromatic heterocycles. The predicted molar refractivity (Wildman–Crippen MR) is 120 cm³/mol. The number of hydrogen-bond acceptors (Lipinski definition) is 5. The van der Waals surface area contributed by atoms with E-state index >= 15 is 0 Å². The lowest BCUT2D eigenvalue weighted by atomic mass is 9.98. The van der Waals surface area contributed by atoms with Gasteiger partial charge in [0, 0.05) is 11.7 Å². The molecule has 3 rings (SSSR count). The highest BCUT2D eigenvalue weighted by Crippen LogP contribution is 2.44. The molecule has 2 N–H and O–H groups in total. The first kappa shape index (κ1) is 22.2. The van der Waals surface area contributed by atoms with Crippen LogP contribution in [0, 0.1) is 0 Å². The molecular formula is C23H28N2O4S. The molecule has 0 radical (unpaired) electrons. The number of ether oxygens (including phenoxy) is 1. The summed E-state index contributed by atoms with van der Waals surface area (Å²) >= 11 is 1.52. The van der Waals surface area contributed by atoms with E-state index in [1.807, 2.05) is 50.5 Å². The molecule has 160 valence electrons. The Balaban J connectivity index is 1.54. The minimum Gasteiger partial charge on any atom is -0.480 e. The van der Waals surface area contributed by atoms with Gasteiger partial charge in [0.2, 0.25) is 0 Å². The fraction of sp³-hybridized carbons (Fsp3) is 0.391. The molecule has 30 heavy (non-hydrogen) atoms. The van der Waals surface area contributed by atoms with Crippen LogP contribution in [0.4, 0.5) is 4.79 Å². The van der Waals surface area contributed by atoms with Crippen molar-refractivity contribution >= 4 is 23.8 Å². The van der Waals surface area contributed by atoms with Crippen molar-refractivity contribution < 1.29 is 19.4 Å². The average molecular weight is 429 g/mol. The van der Waals surface area contributed by atoms with Crippen LogP contribution in [0.15, 0.2) is 48.5 Å². The number of carbonyl (C=O) groups excluding carboxylic acids is 1. The zero-order valence-corrected chi connectivity index (χ0v) is 18.2. The van der Waals surface area contributed by atoms with Crippen LogP contribution in [-0.4, -0.2) is 66.9 Å². The van der Waals surface area contributed by atoms with E-state index in [9.17, 15) is 14.7 Å². The lowest BCUT2D eigenvalue weighted by molar-refractivity contribution is -0.138. The van der Waals surface area contributed by atoms with E-state index in [1.54, 1.807) is 0 Å². The molecule has 0 bridgehead atoms. The Bertz CT molecular complexity index is 842. The van der Waals surface area contributed by atoms with Crippen molar-refractivity contribution in [2.45, 2.75) is 18.4 Å². The zero-order valence-electron chi connectivity index (χ0n) is 17.3. The van der Waals surface area contributed by atoms with Gasteiger partial charge >= 0.3 is 12.1 Å². The highest BCUT2D eigenvalue weighted by atomic mass is 32.2. The van der Waals surface area contributed by atoms with Crippen molar-refractivity contribution in [3.05, 3.63) is 59.7 Å². The van der Waals surface area contributed by atoms with Gasteiger partial charge in [0.1, 0.15) is 12.6 Å². The third kappa shape index (κ3) is 5.55. The predicted octanol–water partition coefficient (Wildman–Crippen LogP) is 3.66. The Morgan fingerprint density at radius 3 is 2.27 bits per heavy atom. The van der Waals surface area contributed by atoms with Crippen molar-refractivity contribution in [3.8, 4) is 11.1 Å². The first-order valence-corrected chi connectivity index (χ1v) is 11.2. The second kappa shape index (κ2) is 10.5.